The molecule has 1 amide bonds. The molecule has 2 aromatic carbocycles. The number of aromatic nitrogens is 1. The van der Waals surface area contributed by atoms with Gasteiger partial charge in [0.1, 0.15) is 5.75 Å². The number of pyridine rings is 1. The Kier molecular flexibility index (Phi) is 8.17. The second-order valence-corrected chi connectivity index (χ2v) is 9.01. The molecule has 5 nitrogen and oxygen atoms in total. The molecule has 2 unspecified atom stereocenters. The Bertz CT molecular complexity index is 985. The van der Waals surface area contributed by atoms with Crippen molar-refractivity contribution in [2.75, 3.05) is 12.4 Å². The SMILES string of the molecule is O=C(NCc1cccc(OCCCCc2ccccc2)c1)C1CSC(c2cccnc2)N1. The topological polar surface area (TPSA) is 63.2 Å². The van der Waals surface area contributed by atoms with E-state index in [9.17, 15) is 4.79 Å². The van der Waals surface area contributed by atoms with Gasteiger partial charge in [0.25, 0.3) is 0 Å². The maximum atomic E-state index is 12.6. The number of carbonyl (C=O) groups excluding carboxylic acids is 1. The number of nitrogens with one attached hydrogen (secondary N) is 2. The standard InChI is InChI=1S/C26H29N3O2S/c30-25(24-19-32-26(29-24)22-12-7-14-27-18-22)28-17-21-11-6-13-23(16-21)31-15-5-4-10-20-8-2-1-3-9-20/h1-3,6-9,11-14,16,18,24,26,29H,4-5,10,15,17,19H2,(H,28,30). The number of unbranched alkanes of at least 4 members (excludes halogenated alkanes) is 1. The molecule has 4 rings (SSSR count). The number of nitrogens with zero attached hydrogens (tertiary/aromatic N) is 1. The zero-order chi connectivity index (χ0) is 22.0. The zero-order valence-electron chi connectivity index (χ0n) is 18.1. The number of amides is 1. The van der Waals surface area contributed by atoms with Crippen LogP contribution in [-0.2, 0) is 17.8 Å². The number of benzene rings is 2. The van der Waals surface area contributed by atoms with Crippen molar-refractivity contribution in [2.24, 2.45) is 0 Å². The summed E-state index contributed by atoms with van der Waals surface area (Å²) in [5.74, 6) is 1.62. The second kappa shape index (κ2) is 11.7. The number of thioether (sulfide) groups is 1. The van der Waals surface area contributed by atoms with E-state index in [1.54, 1.807) is 18.0 Å². The van der Waals surface area contributed by atoms with Crippen molar-refractivity contribution in [2.45, 2.75) is 37.2 Å². The van der Waals surface area contributed by atoms with Crippen LogP contribution in [0.2, 0.25) is 0 Å². The molecule has 0 aliphatic carbocycles. The first-order valence-corrected chi connectivity index (χ1v) is 12.1. The van der Waals surface area contributed by atoms with E-state index in [-0.39, 0.29) is 17.3 Å². The van der Waals surface area contributed by atoms with Gasteiger partial charge in [-0.15, -0.1) is 11.8 Å². The van der Waals surface area contributed by atoms with Gasteiger partial charge in [0.2, 0.25) is 5.91 Å². The lowest BCUT2D eigenvalue weighted by Gasteiger charge is -2.14. The summed E-state index contributed by atoms with van der Waals surface area (Å²) in [4.78, 5) is 16.8. The Labute approximate surface area is 194 Å². The maximum Gasteiger partial charge on any atom is 0.238 e. The quantitative estimate of drug-likeness (QED) is 0.448. The van der Waals surface area contributed by atoms with E-state index in [0.717, 1.165) is 41.9 Å². The minimum absolute atomic E-state index is 0.0242. The molecule has 1 fully saturated rings. The fourth-order valence-electron chi connectivity index (χ4n) is 3.67. The van der Waals surface area contributed by atoms with Gasteiger partial charge in [-0.1, -0.05) is 48.5 Å². The average Bonchev–Trinajstić information content (AvgIpc) is 3.34. The van der Waals surface area contributed by atoms with Gasteiger partial charge in [-0.25, -0.2) is 0 Å². The average molecular weight is 448 g/mol. The van der Waals surface area contributed by atoms with Gasteiger partial charge in [0, 0.05) is 24.7 Å². The number of hydrogen-bond acceptors (Lipinski definition) is 5. The normalized spacial score (nSPS) is 17.8. The Morgan fingerprint density at radius 2 is 1.94 bits per heavy atom. The van der Waals surface area contributed by atoms with Crippen LogP contribution in [0.25, 0.3) is 0 Å². The van der Waals surface area contributed by atoms with Crippen molar-refractivity contribution in [3.63, 3.8) is 0 Å². The summed E-state index contributed by atoms with van der Waals surface area (Å²) >= 11 is 1.74. The summed E-state index contributed by atoms with van der Waals surface area (Å²) in [6, 6.07) is 22.2. The Hall–Kier alpha value is -2.83. The third kappa shape index (κ3) is 6.58. The molecule has 1 aliphatic rings. The lowest BCUT2D eigenvalue weighted by atomic mass is 10.1. The highest BCUT2D eigenvalue weighted by Crippen LogP contribution is 2.32. The first-order chi connectivity index (χ1) is 15.8. The molecule has 1 aromatic heterocycles. The molecular formula is C26H29N3O2S. The van der Waals surface area contributed by atoms with Crippen LogP contribution in [0.3, 0.4) is 0 Å². The van der Waals surface area contributed by atoms with E-state index < -0.39 is 0 Å². The van der Waals surface area contributed by atoms with Crippen LogP contribution in [0.4, 0.5) is 0 Å². The van der Waals surface area contributed by atoms with Crippen LogP contribution in [-0.4, -0.2) is 29.3 Å². The van der Waals surface area contributed by atoms with Gasteiger partial charge in [0.05, 0.1) is 18.0 Å². The molecule has 3 aromatic rings. The molecule has 2 N–H and O–H groups in total. The highest BCUT2D eigenvalue weighted by atomic mass is 32.2. The highest BCUT2D eigenvalue weighted by molar-refractivity contribution is 7.99. The van der Waals surface area contributed by atoms with E-state index in [0.29, 0.717) is 13.2 Å². The zero-order valence-corrected chi connectivity index (χ0v) is 18.9. The summed E-state index contributed by atoms with van der Waals surface area (Å²) in [6.07, 6.45) is 6.80. The summed E-state index contributed by atoms with van der Waals surface area (Å²) in [7, 11) is 0. The monoisotopic (exact) mass is 447 g/mol. The molecule has 2 atom stereocenters. The summed E-state index contributed by atoms with van der Waals surface area (Å²) in [6.45, 7) is 1.19. The molecule has 1 aliphatic heterocycles. The van der Waals surface area contributed by atoms with E-state index in [1.807, 2.05) is 48.7 Å². The van der Waals surface area contributed by atoms with E-state index in [4.69, 9.17) is 4.74 Å². The third-order valence-corrected chi connectivity index (χ3v) is 6.69. The van der Waals surface area contributed by atoms with Gasteiger partial charge in [-0.3, -0.25) is 15.1 Å². The van der Waals surface area contributed by atoms with Crippen molar-refractivity contribution in [1.29, 1.82) is 0 Å². The van der Waals surface area contributed by atoms with E-state index in [1.165, 1.54) is 5.56 Å². The number of rotatable bonds is 10. The van der Waals surface area contributed by atoms with Gasteiger partial charge in [0.15, 0.2) is 0 Å². The van der Waals surface area contributed by atoms with Gasteiger partial charge in [-0.05, 0) is 54.2 Å². The smallest absolute Gasteiger partial charge is 0.238 e. The van der Waals surface area contributed by atoms with Crippen molar-refractivity contribution >= 4 is 17.7 Å². The maximum absolute atomic E-state index is 12.6. The Morgan fingerprint density at radius 3 is 2.78 bits per heavy atom. The van der Waals surface area contributed by atoms with Crippen LogP contribution in [0.5, 0.6) is 5.75 Å². The summed E-state index contributed by atoms with van der Waals surface area (Å²) in [5, 5.41) is 6.55. The lowest BCUT2D eigenvalue weighted by Crippen LogP contribution is -2.42. The van der Waals surface area contributed by atoms with Crippen LogP contribution in [0, 0.1) is 0 Å². The van der Waals surface area contributed by atoms with E-state index in [2.05, 4.69) is 39.9 Å². The molecule has 166 valence electrons. The predicted octanol–water partition coefficient (Wildman–Crippen LogP) is 4.50. The van der Waals surface area contributed by atoms with Crippen LogP contribution in [0.1, 0.15) is 34.9 Å². The number of carbonyl (C=O) groups is 1. The molecule has 6 heteroatoms. The molecule has 0 bridgehead atoms. The Morgan fingerprint density at radius 1 is 1.06 bits per heavy atom. The minimum atomic E-state index is -0.200. The summed E-state index contributed by atoms with van der Waals surface area (Å²) in [5.41, 5.74) is 3.50. The molecule has 1 saturated heterocycles. The van der Waals surface area contributed by atoms with Gasteiger partial charge >= 0.3 is 0 Å². The minimum Gasteiger partial charge on any atom is -0.494 e. The largest absolute Gasteiger partial charge is 0.494 e. The first kappa shape index (κ1) is 22.4. The fraction of sp³-hybridized carbons (Fsp3) is 0.308. The summed E-state index contributed by atoms with van der Waals surface area (Å²) < 4.78 is 5.92. The second-order valence-electron chi connectivity index (χ2n) is 7.88. The molecule has 0 radical (unpaired) electrons. The van der Waals surface area contributed by atoms with Gasteiger partial charge in [-0.2, -0.15) is 0 Å². The molecular weight excluding hydrogens is 418 g/mol. The van der Waals surface area contributed by atoms with Crippen molar-refractivity contribution < 1.29 is 9.53 Å². The predicted molar refractivity (Wildman–Crippen MR) is 130 cm³/mol. The lowest BCUT2D eigenvalue weighted by molar-refractivity contribution is -0.122. The fourth-order valence-corrected chi connectivity index (χ4v) is 4.89. The van der Waals surface area contributed by atoms with E-state index >= 15 is 0 Å². The number of aryl methyl sites for hydroxylation is 1. The first-order valence-electron chi connectivity index (χ1n) is 11.1. The van der Waals surface area contributed by atoms with Crippen LogP contribution >= 0.6 is 11.8 Å². The number of ether oxygens (including phenoxy) is 1. The van der Waals surface area contributed by atoms with Crippen LogP contribution < -0.4 is 15.4 Å². The van der Waals surface area contributed by atoms with Crippen molar-refractivity contribution in [3.8, 4) is 5.75 Å². The van der Waals surface area contributed by atoms with Crippen molar-refractivity contribution in [3.05, 3.63) is 95.8 Å². The molecule has 0 saturated carbocycles. The van der Waals surface area contributed by atoms with Crippen LogP contribution in [0.15, 0.2) is 79.1 Å². The van der Waals surface area contributed by atoms with Crippen molar-refractivity contribution in [1.82, 2.24) is 15.6 Å². The molecule has 2 heterocycles. The molecule has 32 heavy (non-hydrogen) atoms. The van der Waals surface area contributed by atoms with Gasteiger partial charge < -0.3 is 10.1 Å². The highest BCUT2D eigenvalue weighted by Gasteiger charge is 2.30. The molecule has 0 spiro atoms. The third-order valence-electron chi connectivity index (χ3n) is 5.42. The number of hydrogen-bond donors (Lipinski definition) is 2. The Balaban J connectivity index is 1.17.